The van der Waals surface area contributed by atoms with Crippen molar-refractivity contribution in [1.29, 1.82) is 0 Å². The number of carbonyl (C=O) groups is 2. The SMILES string of the molecule is CCC(C)C(COc1ccc(-c2ccc(C(F)(F)F)cc2F)c(C)n1)Nc1ccc(C(=O)NCCC(=O)O)cc1. The second-order valence-electron chi connectivity index (χ2n) is 9.40. The molecule has 0 aliphatic rings. The number of aromatic nitrogens is 1. The highest BCUT2D eigenvalue weighted by atomic mass is 19.4. The van der Waals surface area contributed by atoms with E-state index in [9.17, 15) is 27.2 Å². The number of carboxylic acids is 1. The van der Waals surface area contributed by atoms with Gasteiger partial charge in [0.2, 0.25) is 5.88 Å². The van der Waals surface area contributed by atoms with Crippen LogP contribution in [0.3, 0.4) is 0 Å². The molecule has 1 amide bonds. The largest absolute Gasteiger partial charge is 0.481 e. The van der Waals surface area contributed by atoms with Crippen LogP contribution in [0.2, 0.25) is 0 Å². The minimum absolute atomic E-state index is 0.0164. The maximum Gasteiger partial charge on any atom is 0.416 e. The third kappa shape index (κ3) is 8.17. The van der Waals surface area contributed by atoms with Crippen molar-refractivity contribution in [2.75, 3.05) is 18.5 Å². The number of amides is 1. The maximum absolute atomic E-state index is 14.5. The lowest BCUT2D eigenvalue weighted by Crippen LogP contribution is -2.33. The number of aliphatic carboxylic acids is 1. The van der Waals surface area contributed by atoms with Gasteiger partial charge < -0.3 is 20.5 Å². The highest BCUT2D eigenvalue weighted by molar-refractivity contribution is 5.94. The third-order valence-corrected chi connectivity index (χ3v) is 6.51. The summed E-state index contributed by atoms with van der Waals surface area (Å²) in [7, 11) is 0. The molecule has 2 aromatic carbocycles. The summed E-state index contributed by atoms with van der Waals surface area (Å²) in [4.78, 5) is 27.2. The van der Waals surface area contributed by atoms with E-state index in [2.05, 4.69) is 22.5 Å². The maximum atomic E-state index is 14.5. The lowest BCUT2D eigenvalue weighted by Gasteiger charge is -2.25. The molecule has 2 atom stereocenters. The number of hydrogen-bond donors (Lipinski definition) is 3. The number of rotatable bonds is 12. The van der Waals surface area contributed by atoms with Gasteiger partial charge in [0, 0.05) is 40.7 Å². The lowest BCUT2D eigenvalue weighted by atomic mass is 9.99. The van der Waals surface area contributed by atoms with Crippen LogP contribution < -0.4 is 15.4 Å². The Kier molecular flexibility index (Phi) is 10.1. The number of alkyl halides is 3. The number of aryl methyl sites for hydroxylation is 1. The molecule has 0 spiro atoms. The monoisotopic (exact) mass is 561 g/mol. The average molecular weight is 562 g/mol. The number of nitrogens with zero attached hydrogens (tertiary/aromatic N) is 1. The van der Waals surface area contributed by atoms with Crippen LogP contribution >= 0.6 is 0 Å². The molecule has 0 bridgehead atoms. The first-order chi connectivity index (χ1) is 18.9. The first kappa shape index (κ1) is 30.4. The fourth-order valence-corrected chi connectivity index (χ4v) is 3.94. The van der Waals surface area contributed by atoms with Gasteiger partial charge >= 0.3 is 12.1 Å². The molecule has 0 radical (unpaired) electrons. The van der Waals surface area contributed by atoms with Gasteiger partial charge in [-0.05, 0) is 55.3 Å². The Hall–Kier alpha value is -4.15. The number of halogens is 4. The van der Waals surface area contributed by atoms with Crippen LogP contribution in [0.25, 0.3) is 11.1 Å². The van der Waals surface area contributed by atoms with Gasteiger partial charge in [-0.3, -0.25) is 9.59 Å². The van der Waals surface area contributed by atoms with E-state index >= 15 is 0 Å². The van der Waals surface area contributed by atoms with E-state index < -0.39 is 23.5 Å². The molecule has 3 aromatic rings. The van der Waals surface area contributed by atoms with Crippen molar-refractivity contribution in [3.63, 3.8) is 0 Å². The van der Waals surface area contributed by atoms with Crippen molar-refractivity contribution in [2.45, 2.75) is 45.8 Å². The summed E-state index contributed by atoms with van der Waals surface area (Å²) in [6.45, 7) is 6.01. The van der Waals surface area contributed by atoms with Crippen molar-refractivity contribution < 1.29 is 37.0 Å². The summed E-state index contributed by atoms with van der Waals surface area (Å²) in [6, 6.07) is 12.1. The Labute approximate surface area is 229 Å². The van der Waals surface area contributed by atoms with Crippen LogP contribution in [0.4, 0.5) is 23.2 Å². The molecule has 0 saturated heterocycles. The Morgan fingerprint density at radius 3 is 2.30 bits per heavy atom. The molecule has 214 valence electrons. The van der Waals surface area contributed by atoms with Crippen molar-refractivity contribution in [1.82, 2.24) is 10.3 Å². The van der Waals surface area contributed by atoms with Gasteiger partial charge in [-0.1, -0.05) is 26.3 Å². The Morgan fingerprint density at radius 1 is 1.05 bits per heavy atom. The molecule has 11 heteroatoms. The number of pyridine rings is 1. The summed E-state index contributed by atoms with van der Waals surface area (Å²) in [5.74, 6) is -1.86. The number of carbonyl (C=O) groups excluding carboxylic acids is 1. The van der Waals surface area contributed by atoms with Crippen molar-refractivity contribution >= 4 is 17.6 Å². The van der Waals surface area contributed by atoms with Crippen LogP contribution in [0.5, 0.6) is 5.88 Å². The minimum atomic E-state index is -4.63. The van der Waals surface area contributed by atoms with E-state index in [0.29, 0.717) is 22.9 Å². The molecular formula is C29H31F4N3O4. The number of hydrogen-bond acceptors (Lipinski definition) is 5. The minimum Gasteiger partial charge on any atom is -0.481 e. The molecule has 0 fully saturated rings. The number of nitrogens with one attached hydrogen (secondary N) is 2. The molecule has 0 aliphatic heterocycles. The molecule has 2 unspecified atom stereocenters. The van der Waals surface area contributed by atoms with Crippen molar-refractivity contribution in [3.8, 4) is 17.0 Å². The van der Waals surface area contributed by atoms with Crippen LogP contribution in [0.1, 0.15) is 48.3 Å². The number of carboxylic acid groups (broad SMARTS) is 1. The molecule has 0 aliphatic carbocycles. The topological polar surface area (TPSA) is 101 Å². The lowest BCUT2D eigenvalue weighted by molar-refractivity contribution is -0.138. The Morgan fingerprint density at radius 2 is 1.73 bits per heavy atom. The number of ether oxygens (including phenoxy) is 1. The highest BCUT2D eigenvalue weighted by Crippen LogP contribution is 2.34. The summed E-state index contributed by atoms with van der Waals surface area (Å²) in [6.07, 6.45) is -3.95. The van der Waals surface area contributed by atoms with E-state index in [1.807, 2.05) is 6.92 Å². The van der Waals surface area contributed by atoms with Crippen molar-refractivity contribution in [3.05, 3.63) is 77.2 Å². The molecule has 3 rings (SSSR count). The molecule has 1 heterocycles. The van der Waals surface area contributed by atoms with E-state index in [1.54, 1.807) is 43.3 Å². The van der Waals surface area contributed by atoms with E-state index in [1.165, 1.54) is 0 Å². The van der Waals surface area contributed by atoms with E-state index in [4.69, 9.17) is 9.84 Å². The van der Waals surface area contributed by atoms with Crippen LogP contribution in [0.15, 0.2) is 54.6 Å². The standard InChI is InChI=1S/C29H31F4N3O4/c1-4-17(2)25(36-21-8-5-19(6-9-21)28(39)34-14-13-27(37)38)16-40-26-12-11-22(18(3)35-26)23-10-7-20(15-24(23)30)29(31,32)33/h5-12,15,17,25,36H,4,13-14,16H2,1-3H3,(H,34,39)(H,37,38). The molecular weight excluding hydrogens is 530 g/mol. The van der Waals surface area contributed by atoms with Crippen LogP contribution in [-0.4, -0.2) is 41.2 Å². The van der Waals surface area contributed by atoms with E-state index in [-0.39, 0.29) is 48.9 Å². The van der Waals surface area contributed by atoms with E-state index in [0.717, 1.165) is 24.2 Å². The van der Waals surface area contributed by atoms with Gasteiger partial charge in [-0.15, -0.1) is 0 Å². The van der Waals surface area contributed by atoms with Gasteiger partial charge in [0.05, 0.1) is 18.0 Å². The molecule has 7 nitrogen and oxygen atoms in total. The highest BCUT2D eigenvalue weighted by Gasteiger charge is 2.31. The molecule has 40 heavy (non-hydrogen) atoms. The fourth-order valence-electron chi connectivity index (χ4n) is 3.94. The van der Waals surface area contributed by atoms with Crippen molar-refractivity contribution in [2.24, 2.45) is 5.92 Å². The first-order valence-electron chi connectivity index (χ1n) is 12.7. The second kappa shape index (κ2) is 13.3. The summed E-state index contributed by atoms with van der Waals surface area (Å²) >= 11 is 0. The number of anilines is 1. The Bertz CT molecular complexity index is 1330. The summed E-state index contributed by atoms with van der Waals surface area (Å²) in [5.41, 5.74) is 0.882. The molecule has 1 aromatic heterocycles. The van der Waals surface area contributed by atoms with Gasteiger partial charge in [0.25, 0.3) is 5.91 Å². The third-order valence-electron chi connectivity index (χ3n) is 6.51. The predicted octanol–water partition coefficient (Wildman–Crippen LogP) is 6.33. The zero-order valence-electron chi connectivity index (χ0n) is 22.3. The van der Waals surface area contributed by atoms with Gasteiger partial charge in [-0.25, -0.2) is 9.37 Å². The summed E-state index contributed by atoms with van der Waals surface area (Å²) in [5, 5.41) is 14.6. The predicted molar refractivity (Wildman–Crippen MR) is 143 cm³/mol. The quantitative estimate of drug-likeness (QED) is 0.224. The smallest absolute Gasteiger partial charge is 0.416 e. The van der Waals surface area contributed by atoms with Gasteiger partial charge in [0.15, 0.2) is 0 Å². The zero-order chi connectivity index (χ0) is 29.4. The molecule has 3 N–H and O–H groups in total. The zero-order valence-corrected chi connectivity index (χ0v) is 22.3. The normalized spacial score (nSPS) is 12.9. The summed E-state index contributed by atoms with van der Waals surface area (Å²) < 4.78 is 59.1. The van der Waals surface area contributed by atoms with Crippen LogP contribution in [-0.2, 0) is 11.0 Å². The Balaban J connectivity index is 1.66. The first-order valence-corrected chi connectivity index (χ1v) is 12.7. The number of benzene rings is 2. The second-order valence-corrected chi connectivity index (χ2v) is 9.40. The van der Waals surface area contributed by atoms with Gasteiger partial charge in [-0.2, -0.15) is 13.2 Å². The van der Waals surface area contributed by atoms with Crippen LogP contribution in [0, 0.1) is 18.7 Å². The fraction of sp³-hybridized carbons (Fsp3) is 0.345. The molecule has 0 saturated carbocycles. The average Bonchev–Trinajstić information content (AvgIpc) is 2.90. The van der Waals surface area contributed by atoms with Gasteiger partial charge in [0.1, 0.15) is 12.4 Å².